The van der Waals surface area contributed by atoms with Gasteiger partial charge in [-0.2, -0.15) is 0 Å². The molecule has 1 unspecified atom stereocenters. The molecule has 0 heterocycles. The highest BCUT2D eigenvalue weighted by atomic mass is 16.6. The van der Waals surface area contributed by atoms with Crippen LogP contribution in [0.5, 0.6) is 0 Å². The Balaban J connectivity index is 4.38. The van der Waals surface area contributed by atoms with E-state index in [0.29, 0.717) is 19.8 Å². The molecule has 0 fully saturated rings. The number of carbonyl (C=O) groups excluding carboxylic acids is 1. The molecule has 25 heavy (non-hydrogen) atoms. The molecule has 0 saturated carbocycles. The van der Waals surface area contributed by atoms with E-state index in [0.717, 1.165) is 19.3 Å². The van der Waals surface area contributed by atoms with E-state index in [9.17, 15) is 4.79 Å². The second-order valence-corrected chi connectivity index (χ2v) is 8.39. The molecule has 1 N–H and O–H groups in total. The maximum Gasteiger partial charge on any atom is 0.410 e. The fourth-order valence-corrected chi connectivity index (χ4v) is 2.12. The maximum absolute atomic E-state index is 12.0. The minimum atomic E-state index is -0.490. The van der Waals surface area contributed by atoms with E-state index >= 15 is 0 Å². The Morgan fingerprint density at radius 2 is 1.60 bits per heavy atom. The molecule has 0 rings (SSSR count). The number of ether oxygens (including phenoxy) is 3. The molecular formula is C19H39NO5. The lowest BCUT2D eigenvalue weighted by Crippen LogP contribution is -2.39. The summed E-state index contributed by atoms with van der Waals surface area (Å²) < 4.78 is 17.1. The van der Waals surface area contributed by atoms with E-state index in [4.69, 9.17) is 19.3 Å². The van der Waals surface area contributed by atoms with Gasteiger partial charge in [0.05, 0.1) is 31.0 Å². The summed E-state index contributed by atoms with van der Waals surface area (Å²) in [5.74, 6) is 0. The van der Waals surface area contributed by atoms with Crippen molar-refractivity contribution in [1.29, 1.82) is 0 Å². The Morgan fingerprint density at radius 3 is 2.08 bits per heavy atom. The third-order valence-corrected chi connectivity index (χ3v) is 4.17. The number of hydrogen-bond donors (Lipinski definition) is 1. The molecule has 1 amide bonds. The van der Waals surface area contributed by atoms with Crippen LogP contribution in [-0.4, -0.2) is 66.3 Å². The summed E-state index contributed by atoms with van der Waals surface area (Å²) >= 11 is 0. The lowest BCUT2D eigenvalue weighted by Gasteiger charge is -2.33. The molecule has 6 heteroatoms. The molecule has 0 aromatic carbocycles. The largest absolute Gasteiger partial charge is 0.444 e. The van der Waals surface area contributed by atoms with Crippen LogP contribution in [0.15, 0.2) is 0 Å². The molecule has 0 aliphatic rings. The zero-order chi connectivity index (χ0) is 19.7. The van der Waals surface area contributed by atoms with Crippen LogP contribution in [0, 0.1) is 0 Å². The molecule has 0 aromatic heterocycles. The third-order valence-electron chi connectivity index (χ3n) is 4.17. The van der Waals surface area contributed by atoms with Crippen LogP contribution in [0.25, 0.3) is 0 Å². The van der Waals surface area contributed by atoms with Gasteiger partial charge in [0.1, 0.15) is 5.60 Å². The molecule has 0 saturated heterocycles. The average Bonchev–Trinajstić information content (AvgIpc) is 2.48. The molecule has 0 bridgehead atoms. The SMILES string of the molecule is CCC(C)(CCN(C)C(=O)OC(C)(C)C)OCCC(C)(C)OCCO. The Bertz CT molecular complexity index is 392. The van der Waals surface area contributed by atoms with E-state index in [1.54, 1.807) is 11.9 Å². The van der Waals surface area contributed by atoms with Gasteiger partial charge in [0.15, 0.2) is 0 Å². The smallest absolute Gasteiger partial charge is 0.410 e. The number of aliphatic hydroxyl groups excluding tert-OH is 1. The topological polar surface area (TPSA) is 68.2 Å². The standard InChI is InChI=1S/C19H39NO5/c1-9-19(7,24-14-11-18(5,6)23-15-13-21)10-12-20(8)16(22)25-17(2,3)4/h21H,9-15H2,1-8H3. The molecule has 0 spiro atoms. The van der Waals surface area contributed by atoms with Crippen molar-refractivity contribution in [3.63, 3.8) is 0 Å². The lowest BCUT2D eigenvalue weighted by atomic mass is 9.98. The molecule has 0 radical (unpaired) electrons. The summed E-state index contributed by atoms with van der Waals surface area (Å²) in [5, 5.41) is 8.86. The summed E-state index contributed by atoms with van der Waals surface area (Å²) in [7, 11) is 1.75. The minimum absolute atomic E-state index is 0.0218. The Labute approximate surface area is 153 Å². The van der Waals surface area contributed by atoms with Gasteiger partial charge in [0.25, 0.3) is 0 Å². The van der Waals surface area contributed by atoms with Crippen LogP contribution in [0.2, 0.25) is 0 Å². The summed E-state index contributed by atoms with van der Waals surface area (Å²) in [6, 6.07) is 0. The van der Waals surface area contributed by atoms with Gasteiger partial charge >= 0.3 is 6.09 Å². The first-order valence-corrected chi connectivity index (χ1v) is 9.17. The molecular weight excluding hydrogens is 322 g/mol. The molecule has 150 valence electrons. The summed E-state index contributed by atoms with van der Waals surface area (Å²) in [6.45, 7) is 15.2. The quantitative estimate of drug-likeness (QED) is 0.609. The summed E-state index contributed by atoms with van der Waals surface area (Å²) in [5.41, 5.74) is -1.12. The van der Waals surface area contributed by atoms with Crippen molar-refractivity contribution >= 4 is 6.09 Å². The van der Waals surface area contributed by atoms with Crippen LogP contribution in [0.1, 0.15) is 67.7 Å². The van der Waals surface area contributed by atoms with Crippen molar-refractivity contribution < 1.29 is 24.1 Å². The van der Waals surface area contributed by atoms with Crippen LogP contribution < -0.4 is 0 Å². The maximum atomic E-state index is 12.0. The van der Waals surface area contributed by atoms with Gasteiger partial charge in [-0.3, -0.25) is 0 Å². The molecule has 0 aromatic rings. The number of aliphatic hydroxyl groups is 1. The Hall–Kier alpha value is -0.850. The van der Waals surface area contributed by atoms with Gasteiger partial charge < -0.3 is 24.2 Å². The predicted molar refractivity (Wildman–Crippen MR) is 99.9 cm³/mol. The highest BCUT2D eigenvalue weighted by Crippen LogP contribution is 2.23. The molecule has 0 aliphatic heterocycles. The molecule has 6 nitrogen and oxygen atoms in total. The van der Waals surface area contributed by atoms with E-state index in [1.165, 1.54) is 0 Å². The van der Waals surface area contributed by atoms with Gasteiger partial charge in [-0.15, -0.1) is 0 Å². The van der Waals surface area contributed by atoms with Crippen LogP contribution >= 0.6 is 0 Å². The van der Waals surface area contributed by atoms with Gasteiger partial charge in [0.2, 0.25) is 0 Å². The monoisotopic (exact) mass is 361 g/mol. The van der Waals surface area contributed by atoms with E-state index in [2.05, 4.69) is 13.8 Å². The van der Waals surface area contributed by atoms with Gasteiger partial charge in [-0.05, 0) is 60.8 Å². The Morgan fingerprint density at radius 1 is 1.00 bits per heavy atom. The number of nitrogens with zero attached hydrogens (tertiary/aromatic N) is 1. The number of carbonyl (C=O) groups is 1. The normalized spacial score (nSPS) is 14.9. The van der Waals surface area contributed by atoms with Crippen LogP contribution in [0.4, 0.5) is 4.79 Å². The van der Waals surface area contributed by atoms with E-state index in [1.807, 2.05) is 34.6 Å². The number of hydrogen-bond acceptors (Lipinski definition) is 5. The third kappa shape index (κ3) is 11.4. The van der Waals surface area contributed by atoms with Gasteiger partial charge in [0, 0.05) is 13.6 Å². The summed E-state index contributed by atoms with van der Waals surface area (Å²) in [4.78, 5) is 13.6. The van der Waals surface area contributed by atoms with Crippen molar-refractivity contribution in [2.24, 2.45) is 0 Å². The lowest BCUT2D eigenvalue weighted by molar-refractivity contribution is -0.0882. The zero-order valence-electron chi connectivity index (χ0n) is 17.5. The summed E-state index contributed by atoms with van der Waals surface area (Å²) in [6.07, 6.45) is 2.01. The van der Waals surface area contributed by atoms with E-state index < -0.39 is 5.60 Å². The second kappa shape index (κ2) is 10.3. The highest BCUT2D eigenvalue weighted by molar-refractivity contribution is 5.67. The Kier molecular flexibility index (Phi) is 9.98. The van der Waals surface area contributed by atoms with Crippen LogP contribution in [-0.2, 0) is 14.2 Å². The average molecular weight is 362 g/mol. The zero-order valence-corrected chi connectivity index (χ0v) is 17.5. The first-order valence-electron chi connectivity index (χ1n) is 9.17. The van der Waals surface area contributed by atoms with Gasteiger partial charge in [-0.1, -0.05) is 6.92 Å². The fraction of sp³-hybridized carbons (Fsp3) is 0.947. The number of amides is 1. The van der Waals surface area contributed by atoms with Crippen molar-refractivity contribution in [2.75, 3.05) is 33.4 Å². The second-order valence-electron chi connectivity index (χ2n) is 8.39. The van der Waals surface area contributed by atoms with Crippen molar-refractivity contribution in [2.45, 2.75) is 84.5 Å². The first-order chi connectivity index (χ1) is 11.3. The highest BCUT2D eigenvalue weighted by Gasteiger charge is 2.27. The van der Waals surface area contributed by atoms with Gasteiger partial charge in [-0.25, -0.2) is 4.79 Å². The van der Waals surface area contributed by atoms with Crippen molar-refractivity contribution in [3.05, 3.63) is 0 Å². The fourth-order valence-electron chi connectivity index (χ4n) is 2.12. The predicted octanol–water partition coefficient (Wildman–Crippen LogP) is 3.61. The van der Waals surface area contributed by atoms with Crippen LogP contribution in [0.3, 0.4) is 0 Å². The minimum Gasteiger partial charge on any atom is -0.444 e. The molecule has 1 atom stereocenters. The van der Waals surface area contributed by atoms with Crippen molar-refractivity contribution in [1.82, 2.24) is 4.90 Å². The van der Waals surface area contributed by atoms with Crippen molar-refractivity contribution in [3.8, 4) is 0 Å². The van der Waals surface area contributed by atoms with E-state index in [-0.39, 0.29) is 23.9 Å². The first kappa shape index (κ1) is 24.1. The molecule has 0 aliphatic carbocycles. The number of rotatable bonds is 11.